The molecule has 1 unspecified atom stereocenters. The van der Waals surface area contributed by atoms with Gasteiger partial charge in [-0.25, -0.2) is 0 Å². The summed E-state index contributed by atoms with van der Waals surface area (Å²) >= 11 is 0. The third kappa shape index (κ3) is 4.73. The summed E-state index contributed by atoms with van der Waals surface area (Å²) in [4.78, 5) is 11.6. The van der Waals surface area contributed by atoms with E-state index in [2.05, 4.69) is 10.6 Å². The van der Waals surface area contributed by atoms with Gasteiger partial charge in [-0.2, -0.15) is 0 Å². The normalized spacial score (nSPS) is 11.5. The Hall–Kier alpha value is -1.10. The quantitative estimate of drug-likeness (QED) is 0.847. The monoisotopic (exact) mass is 258 g/mol. The summed E-state index contributed by atoms with van der Waals surface area (Å²) in [6.07, 6.45) is -0.442. The minimum absolute atomic E-state index is 0. The number of carbonyl (C=O) groups is 1. The van der Waals surface area contributed by atoms with Gasteiger partial charge in [0.1, 0.15) is 6.10 Å². The number of rotatable bonds is 5. The summed E-state index contributed by atoms with van der Waals surface area (Å²) in [7, 11) is 3.39. The van der Waals surface area contributed by atoms with Crippen LogP contribution in [0.4, 0.5) is 5.69 Å². The molecule has 0 aromatic heterocycles. The molecule has 1 amide bonds. The average Bonchev–Trinajstić information content (AvgIpc) is 2.31. The molecule has 1 atom stereocenters. The van der Waals surface area contributed by atoms with Gasteiger partial charge in [-0.3, -0.25) is 4.79 Å². The first kappa shape index (κ1) is 15.9. The van der Waals surface area contributed by atoms with Crippen LogP contribution >= 0.6 is 12.4 Å². The fourth-order valence-electron chi connectivity index (χ4n) is 1.33. The highest BCUT2D eigenvalue weighted by Crippen LogP contribution is 2.15. The molecule has 0 aliphatic carbocycles. The van der Waals surface area contributed by atoms with E-state index in [4.69, 9.17) is 4.74 Å². The molecule has 0 saturated carbocycles. The third-order valence-electron chi connectivity index (χ3n) is 2.37. The number of anilines is 1. The molecular weight excluding hydrogens is 240 g/mol. The van der Waals surface area contributed by atoms with Gasteiger partial charge in [-0.15, -0.1) is 12.4 Å². The molecule has 0 saturated heterocycles. The van der Waals surface area contributed by atoms with Crippen molar-refractivity contribution in [1.29, 1.82) is 0 Å². The number of ether oxygens (including phenoxy) is 1. The zero-order valence-electron chi connectivity index (χ0n) is 10.3. The Kier molecular flexibility index (Phi) is 7.54. The molecule has 5 heteroatoms. The summed E-state index contributed by atoms with van der Waals surface area (Å²) in [5.74, 6) is -0.133. The van der Waals surface area contributed by atoms with Crippen molar-refractivity contribution in [3.05, 3.63) is 29.8 Å². The molecule has 0 heterocycles. The van der Waals surface area contributed by atoms with Crippen molar-refractivity contribution < 1.29 is 9.53 Å². The van der Waals surface area contributed by atoms with Gasteiger partial charge in [0, 0.05) is 19.3 Å². The van der Waals surface area contributed by atoms with E-state index in [9.17, 15) is 4.79 Å². The Morgan fingerprint density at radius 2 is 2.06 bits per heavy atom. The Morgan fingerprint density at radius 3 is 2.65 bits per heavy atom. The van der Waals surface area contributed by atoms with Gasteiger partial charge in [0.2, 0.25) is 0 Å². The van der Waals surface area contributed by atoms with E-state index in [0.717, 1.165) is 17.8 Å². The lowest BCUT2D eigenvalue weighted by molar-refractivity contribution is -0.124. The lowest BCUT2D eigenvalue weighted by atomic mass is 10.1. The second kappa shape index (κ2) is 8.06. The summed E-state index contributed by atoms with van der Waals surface area (Å²) < 4.78 is 4.96. The molecule has 0 spiro atoms. The van der Waals surface area contributed by atoms with Crippen molar-refractivity contribution in [1.82, 2.24) is 5.32 Å². The first-order chi connectivity index (χ1) is 7.69. The zero-order valence-corrected chi connectivity index (χ0v) is 11.1. The molecule has 2 N–H and O–H groups in total. The summed E-state index contributed by atoms with van der Waals surface area (Å²) in [5.41, 5.74) is 1.88. The second-order valence-electron chi connectivity index (χ2n) is 3.55. The van der Waals surface area contributed by atoms with E-state index in [-0.39, 0.29) is 18.3 Å². The van der Waals surface area contributed by atoms with E-state index >= 15 is 0 Å². The highest BCUT2D eigenvalue weighted by Gasteiger charge is 2.12. The lowest BCUT2D eigenvalue weighted by Crippen LogP contribution is -2.27. The average molecular weight is 259 g/mol. The Morgan fingerprint density at radius 1 is 1.41 bits per heavy atom. The highest BCUT2D eigenvalue weighted by atomic mass is 35.5. The van der Waals surface area contributed by atoms with Crippen LogP contribution in [0.15, 0.2) is 24.3 Å². The molecule has 4 nitrogen and oxygen atoms in total. The van der Waals surface area contributed by atoms with Crippen LogP contribution < -0.4 is 10.6 Å². The minimum atomic E-state index is -0.442. The van der Waals surface area contributed by atoms with Gasteiger partial charge in [-0.1, -0.05) is 18.2 Å². The number of para-hydroxylation sites is 1. The van der Waals surface area contributed by atoms with Crippen LogP contribution in [-0.4, -0.2) is 26.2 Å². The Bertz CT molecular complexity index is 358. The molecule has 1 aromatic rings. The Balaban J connectivity index is 0.00000256. The molecule has 1 rings (SSSR count). The molecule has 0 radical (unpaired) electrons. The van der Waals surface area contributed by atoms with Crippen molar-refractivity contribution in [3.63, 3.8) is 0 Å². The largest absolute Gasteiger partial charge is 0.372 e. The minimum Gasteiger partial charge on any atom is -0.372 e. The molecule has 17 heavy (non-hydrogen) atoms. The van der Waals surface area contributed by atoms with E-state index < -0.39 is 6.10 Å². The number of amides is 1. The van der Waals surface area contributed by atoms with Crippen LogP contribution in [0.1, 0.15) is 12.5 Å². The SMILES string of the molecule is CNCc1ccccc1NC(=O)C(C)OC.Cl. The molecule has 0 fully saturated rings. The van der Waals surface area contributed by atoms with Crippen molar-refractivity contribution in [3.8, 4) is 0 Å². The maximum absolute atomic E-state index is 11.6. The van der Waals surface area contributed by atoms with E-state index in [1.165, 1.54) is 7.11 Å². The van der Waals surface area contributed by atoms with Crippen molar-refractivity contribution >= 4 is 24.0 Å². The van der Waals surface area contributed by atoms with Gasteiger partial charge in [0.15, 0.2) is 0 Å². The number of carbonyl (C=O) groups excluding carboxylic acids is 1. The Labute approximate surface area is 108 Å². The van der Waals surface area contributed by atoms with Crippen LogP contribution in [0.5, 0.6) is 0 Å². The molecule has 0 bridgehead atoms. The molecule has 96 valence electrons. The smallest absolute Gasteiger partial charge is 0.253 e. The fraction of sp³-hybridized carbons (Fsp3) is 0.417. The molecular formula is C12H19ClN2O2. The van der Waals surface area contributed by atoms with E-state index in [0.29, 0.717) is 0 Å². The predicted molar refractivity (Wildman–Crippen MR) is 71.6 cm³/mol. The van der Waals surface area contributed by atoms with Crippen molar-refractivity contribution in [2.75, 3.05) is 19.5 Å². The summed E-state index contributed by atoms with van der Waals surface area (Å²) in [6, 6.07) is 7.70. The topological polar surface area (TPSA) is 50.4 Å². The van der Waals surface area contributed by atoms with Gasteiger partial charge < -0.3 is 15.4 Å². The molecule has 0 aliphatic rings. The van der Waals surface area contributed by atoms with Crippen molar-refractivity contribution in [2.45, 2.75) is 19.6 Å². The lowest BCUT2D eigenvalue weighted by Gasteiger charge is -2.13. The number of halogens is 1. The van der Waals surface area contributed by atoms with E-state index in [1.807, 2.05) is 31.3 Å². The predicted octanol–water partition coefficient (Wildman–Crippen LogP) is 1.80. The van der Waals surface area contributed by atoms with Crippen LogP contribution in [0.25, 0.3) is 0 Å². The number of nitrogens with one attached hydrogen (secondary N) is 2. The number of benzene rings is 1. The standard InChI is InChI=1S/C12H18N2O2.ClH/c1-9(16-3)12(15)14-11-7-5-4-6-10(11)8-13-2;/h4-7,9,13H,8H2,1-3H3,(H,14,15);1H. The number of hydrogen-bond donors (Lipinski definition) is 2. The van der Waals surface area contributed by atoms with Gasteiger partial charge in [0.25, 0.3) is 5.91 Å². The zero-order chi connectivity index (χ0) is 12.0. The first-order valence-electron chi connectivity index (χ1n) is 5.25. The van der Waals surface area contributed by atoms with Crippen LogP contribution in [0, 0.1) is 0 Å². The first-order valence-corrected chi connectivity index (χ1v) is 5.25. The number of methoxy groups -OCH3 is 1. The maximum atomic E-state index is 11.6. The van der Waals surface area contributed by atoms with E-state index in [1.54, 1.807) is 6.92 Å². The maximum Gasteiger partial charge on any atom is 0.253 e. The summed E-state index contributed by atoms with van der Waals surface area (Å²) in [6.45, 7) is 2.44. The third-order valence-corrected chi connectivity index (χ3v) is 2.37. The highest BCUT2D eigenvalue weighted by molar-refractivity contribution is 5.94. The van der Waals surface area contributed by atoms with Crippen molar-refractivity contribution in [2.24, 2.45) is 0 Å². The molecule has 0 aliphatic heterocycles. The van der Waals surface area contributed by atoms with Crippen LogP contribution in [-0.2, 0) is 16.1 Å². The van der Waals surface area contributed by atoms with Crippen LogP contribution in [0.3, 0.4) is 0 Å². The van der Waals surface area contributed by atoms with Gasteiger partial charge >= 0.3 is 0 Å². The fourth-order valence-corrected chi connectivity index (χ4v) is 1.33. The van der Waals surface area contributed by atoms with Crippen LogP contribution in [0.2, 0.25) is 0 Å². The second-order valence-corrected chi connectivity index (χ2v) is 3.55. The molecule has 1 aromatic carbocycles. The summed E-state index contributed by atoms with van der Waals surface area (Å²) in [5, 5.41) is 5.90. The van der Waals surface area contributed by atoms with Gasteiger partial charge in [-0.05, 0) is 25.6 Å². The van der Waals surface area contributed by atoms with Gasteiger partial charge in [0.05, 0.1) is 0 Å². The number of hydrogen-bond acceptors (Lipinski definition) is 3.